The maximum Gasteiger partial charge on any atom is 0.325 e. The monoisotopic (exact) mass is 367 g/mol. The Labute approximate surface area is 146 Å². The van der Waals surface area contributed by atoms with Gasteiger partial charge in [0.2, 0.25) is 11.8 Å². The lowest BCUT2D eigenvalue weighted by atomic mass is 10.2. The molecule has 0 atom stereocenters. The van der Waals surface area contributed by atoms with E-state index in [-0.39, 0.29) is 29.2 Å². The summed E-state index contributed by atoms with van der Waals surface area (Å²) in [6, 6.07) is 0. The van der Waals surface area contributed by atoms with Gasteiger partial charge in [-0.1, -0.05) is 11.8 Å². The standard InChI is InChI=1S/C14H17N5O5S/c1-8-9(12(21)16-13(22)15-8)6-10-17-18-14(24-10)25-7-11(20)19-2-4-23-5-3-19/h2-7H2,1H3,(H2,15,16,21,22). The van der Waals surface area contributed by atoms with Gasteiger partial charge in [-0.15, -0.1) is 10.2 Å². The van der Waals surface area contributed by atoms with E-state index < -0.39 is 11.2 Å². The Morgan fingerprint density at radius 2 is 2.00 bits per heavy atom. The van der Waals surface area contributed by atoms with Crippen molar-refractivity contribution in [3.63, 3.8) is 0 Å². The second-order valence-electron chi connectivity index (χ2n) is 5.43. The molecule has 134 valence electrons. The number of aryl methyl sites for hydroxylation is 1. The Morgan fingerprint density at radius 1 is 1.24 bits per heavy atom. The highest BCUT2D eigenvalue weighted by Gasteiger charge is 2.18. The average molecular weight is 367 g/mol. The fraction of sp³-hybridized carbons (Fsp3) is 0.500. The van der Waals surface area contributed by atoms with Crippen molar-refractivity contribution in [3.8, 4) is 0 Å². The molecule has 2 aromatic heterocycles. The molecule has 3 rings (SSSR count). The molecule has 1 aliphatic rings. The van der Waals surface area contributed by atoms with Crippen molar-refractivity contribution in [2.24, 2.45) is 0 Å². The molecule has 0 aromatic carbocycles. The van der Waals surface area contributed by atoms with Crippen LogP contribution in [0.15, 0.2) is 19.2 Å². The number of morpholine rings is 1. The fourth-order valence-corrected chi connectivity index (χ4v) is 3.07. The topological polar surface area (TPSA) is 134 Å². The third-order valence-corrected chi connectivity index (χ3v) is 4.52. The predicted molar refractivity (Wildman–Crippen MR) is 87.6 cm³/mol. The van der Waals surface area contributed by atoms with Crippen LogP contribution in [0, 0.1) is 6.92 Å². The zero-order valence-corrected chi connectivity index (χ0v) is 14.4. The molecular weight excluding hydrogens is 350 g/mol. The zero-order valence-electron chi connectivity index (χ0n) is 13.5. The van der Waals surface area contributed by atoms with Crippen LogP contribution in [0.1, 0.15) is 17.1 Å². The summed E-state index contributed by atoms with van der Waals surface area (Å²) < 4.78 is 10.7. The van der Waals surface area contributed by atoms with E-state index >= 15 is 0 Å². The van der Waals surface area contributed by atoms with Gasteiger partial charge >= 0.3 is 5.69 Å². The molecule has 1 fully saturated rings. The second-order valence-corrected chi connectivity index (χ2v) is 6.36. The molecule has 11 heteroatoms. The molecule has 0 bridgehead atoms. The number of aromatic nitrogens is 4. The third-order valence-electron chi connectivity index (χ3n) is 3.71. The summed E-state index contributed by atoms with van der Waals surface area (Å²) in [6.07, 6.45) is 0.100. The molecule has 2 N–H and O–H groups in total. The summed E-state index contributed by atoms with van der Waals surface area (Å²) in [4.78, 5) is 41.5. The Bertz CT molecular complexity index is 867. The van der Waals surface area contributed by atoms with Crippen molar-refractivity contribution in [2.45, 2.75) is 18.6 Å². The first-order chi connectivity index (χ1) is 12.0. The van der Waals surface area contributed by atoms with E-state index in [0.29, 0.717) is 37.6 Å². The van der Waals surface area contributed by atoms with Crippen molar-refractivity contribution in [3.05, 3.63) is 38.0 Å². The van der Waals surface area contributed by atoms with Gasteiger partial charge in [0.1, 0.15) is 0 Å². The number of H-pyrrole nitrogens is 2. The minimum absolute atomic E-state index is 0.0130. The number of nitrogens with one attached hydrogen (secondary N) is 2. The smallest absolute Gasteiger partial charge is 0.325 e. The van der Waals surface area contributed by atoms with Gasteiger partial charge in [-0.05, 0) is 6.92 Å². The first-order valence-electron chi connectivity index (χ1n) is 7.65. The number of carbonyl (C=O) groups is 1. The normalized spacial score (nSPS) is 14.7. The van der Waals surface area contributed by atoms with E-state index in [2.05, 4.69) is 20.2 Å². The minimum Gasteiger partial charge on any atom is -0.416 e. The molecule has 0 aliphatic carbocycles. The van der Waals surface area contributed by atoms with E-state index in [1.807, 2.05) is 0 Å². The van der Waals surface area contributed by atoms with E-state index in [0.717, 1.165) is 11.8 Å². The van der Waals surface area contributed by atoms with Gasteiger partial charge in [0.25, 0.3) is 10.8 Å². The molecule has 0 saturated carbocycles. The van der Waals surface area contributed by atoms with Crippen LogP contribution in [0.2, 0.25) is 0 Å². The number of aromatic amines is 2. The number of nitrogens with zero attached hydrogens (tertiary/aromatic N) is 3. The number of thioether (sulfide) groups is 1. The van der Waals surface area contributed by atoms with E-state index in [1.54, 1.807) is 11.8 Å². The van der Waals surface area contributed by atoms with Gasteiger partial charge in [-0.25, -0.2) is 4.79 Å². The van der Waals surface area contributed by atoms with Gasteiger partial charge in [0.15, 0.2) is 0 Å². The Morgan fingerprint density at radius 3 is 2.72 bits per heavy atom. The summed E-state index contributed by atoms with van der Waals surface area (Å²) in [7, 11) is 0. The Hall–Kier alpha value is -2.40. The number of hydrogen-bond donors (Lipinski definition) is 2. The molecule has 10 nitrogen and oxygen atoms in total. The lowest BCUT2D eigenvalue weighted by Gasteiger charge is -2.26. The van der Waals surface area contributed by atoms with Crippen LogP contribution >= 0.6 is 11.8 Å². The summed E-state index contributed by atoms with van der Waals surface area (Å²) in [5.74, 6) is 0.419. The number of ether oxygens (including phenoxy) is 1. The average Bonchev–Trinajstić information content (AvgIpc) is 3.04. The molecule has 0 spiro atoms. The molecule has 3 heterocycles. The maximum absolute atomic E-state index is 12.1. The number of carbonyl (C=O) groups excluding carboxylic acids is 1. The fourth-order valence-electron chi connectivity index (χ4n) is 2.39. The highest BCUT2D eigenvalue weighted by Crippen LogP contribution is 2.18. The quantitative estimate of drug-likeness (QED) is 0.662. The number of rotatable bonds is 5. The first kappa shape index (κ1) is 17.4. The van der Waals surface area contributed by atoms with Crippen molar-refractivity contribution >= 4 is 17.7 Å². The van der Waals surface area contributed by atoms with Crippen molar-refractivity contribution in [2.75, 3.05) is 32.1 Å². The van der Waals surface area contributed by atoms with Gasteiger partial charge in [-0.2, -0.15) is 0 Å². The maximum atomic E-state index is 12.1. The molecule has 1 saturated heterocycles. The van der Waals surface area contributed by atoms with Crippen LogP contribution in [0.5, 0.6) is 0 Å². The van der Waals surface area contributed by atoms with E-state index in [4.69, 9.17) is 9.15 Å². The van der Waals surface area contributed by atoms with Crippen LogP contribution in [-0.2, 0) is 16.0 Å². The largest absolute Gasteiger partial charge is 0.416 e. The van der Waals surface area contributed by atoms with E-state index in [1.165, 1.54) is 0 Å². The molecule has 25 heavy (non-hydrogen) atoms. The van der Waals surface area contributed by atoms with Gasteiger partial charge in [-0.3, -0.25) is 14.6 Å². The van der Waals surface area contributed by atoms with Crippen LogP contribution < -0.4 is 11.2 Å². The highest BCUT2D eigenvalue weighted by atomic mass is 32.2. The Balaban J connectivity index is 1.60. The third kappa shape index (κ3) is 4.37. The molecular formula is C14H17N5O5S. The van der Waals surface area contributed by atoms with Crippen LogP contribution in [0.4, 0.5) is 0 Å². The predicted octanol–water partition coefficient (Wildman–Crippen LogP) is -0.704. The summed E-state index contributed by atoms with van der Waals surface area (Å²) in [6.45, 7) is 3.90. The molecule has 1 amide bonds. The van der Waals surface area contributed by atoms with E-state index in [9.17, 15) is 14.4 Å². The summed E-state index contributed by atoms with van der Waals surface area (Å²) >= 11 is 1.15. The van der Waals surface area contributed by atoms with Crippen LogP contribution in [-0.4, -0.2) is 63.0 Å². The van der Waals surface area contributed by atoms with Crippen LogP contribution in [0.3, 0.4) is 0 Å². The molecule has 0 radical (unpaired) electrons. The lowest BCUT2D eigenvalue weighted by Crippen LogP contribution is -2.41. The van der Waals surface area contributed by atoms with Gasteiger partial charge < -0.3 is 19.0 Å². The molecule has 0 unspecified atom stereocenters. The molecule has 1 aliphatic heterocycles. The second kappa shape index (κ2) is 7.66. The first-order valence-corrected chi connectivity index (χ1v) is 8.64. The number of hydrogen-bond acceptors (Lipinski definition) is 8. The summed E-state index contributed by atoms with van der Waals surface area (Å²) in [5, 5.41) is 8.01. The molecule has 2 aromatic rings. The van der Waals surface area contributed by atoms with Crippen molar-refractivity contribution in [1.82, 2.24) is 25.1 Å². The van der Waals surface area contributed by atoms with Crippen molar-refractivity contribution < 1.29 is 13.9 Å². The highest BCUT2D eigenvalue weighted by molar-refractivity contribution is 7.99. The van der Waals surface area contributed by atoms with Gasteiger partial charge in [0.05, 0.1) is 25.4 Å². The summed E-state index contributed by atoms with van der Waals surface area (Å²) in [5.41, 5.74) is -0.251. The van der Waals surface area contributed by atoms with Gasteiger partial charge in [0, 0.05) is 24.3 Å². The number of amides is 1. The minimum atomic E-state index is -0.561. The SMILES string of the molecule is Cc1[nH]c(=O)[nH]c(=O)c1Cc1nnc(SCC(=O)N2CCOCC2)o1. The van der Waals surface area contributed by atoms with Crippen LogP contribution in [0.25, 0.3) is 0 Å². The van der Waals surface area contributed by atoms with Crippen molar-refractivity contribution in [1.29, 1.82) is 0 Å². The Kier molecular flexibility index (Phi) is 5.34. The lowest BCUT2D eigenvalue weighted by molar-refractivity contribution is -0.132. The zero-order chi connectivity index (χ0) is 17.8.